The van der Waals surface area contributed by atoms with Crippen molar-refractivity contribution >= 4 is 11.8 Å². The standard InChI is InChI=1S/C14H18N4OS/c1-3-6-12-17-18-14(19-12)20-13-10-7-4-5-8-11(10)15-9(2)16-13/h3-8H2,1-2H3. The van der Waals surface area contributed by atoms with Gasteiger partial charge in [-0.15, -0.1) is 10.2 Å². The van der Waals surface area contributed by atoms with Gasteiger partial charge in [-0.05, 0) is 50.8 Å². The van der Waals surface area contributed by atoms with E-state index in [1.54, 1.807) is 0 Å². The Balaban J connectivity index is 1.87. The third-order valence-corrected chi connectivity index (χ3v) is 4.22. The van der Waals surface area contributed by atoms with Crippen molar-refractivity contribution in [2.75, 3.05) is 0 Å². The fourth-order valence-corrected chi connectivity index (χ4v) is 3.35. The van der Waals surface area contributed by atoms with Gasteiger partial charge < -0.3 is 4.42 Å². The molecule has 6 heteroatoms. The minimum atomic E-state index is 0.583. The molecule has 0 bridgehead atoms. The Morgan fingerprint density at radius 3 is 2.85 bits per heavy atom. The van der Waals surface area contributed by atoms with E-state index in [1.807, 2.05) is 6.92 Å². The molecule has 0 saturated heterocycles. The van der Waals surface area contributed by atoms with Gasteiger partial charge in [-0.25, -0.2) is 9.97 Å². The first kappa shape index (κ1) is 13.5. The summed E-state index contributed by atoms with van der Waals surface area (Å²) in [5, 5.41) is 9.72. The highest BCUT2D eigenvalue weighted by molar-refractivity contribution is 7.99. The zero-order valence-corrected chi connectivity index (χ0v) is 12.7. The van der Waals surface area contributed by atoms with E-state index in [2.05, 4.69) is 27.1 Å². The van der Waals surface area contributed by atoms with Crippen LogP contribution in [0, 0.1) is 6.92 Å². The van der Waals surface area contributed by atoms with Crippen LogP contribution < -0.4 is 0 Å². The second-order valence-corrected chi connectivity index (χ2v) is 5.96. The highest BCUT2D eigenvalue weighted by atomic mass is 32.2. The zero-order chi connectivity index (χ0) is 13.9. The second kappa shape index (κ2) is 5.91. The van der Waals surface area contributed by atoms with Crippen molar-refractivity contribution in [2.45, 2.75) is 62.6 Å². The molecule has 0 saturated carbocycles. The Morgan fingerprint density at radius 1 is 1.15 bits per heavy atom. The zero-order valence-electron chi connectivity index (χ0n) is 11.8. The van der Waals surface area contributed by atoms with Crippen LogP contribution in [0.5, 0.6) is 0 Å². The largest absolute Gasteiger partial charge is 0.416 e. The normalized spacial score (nSPS) is 14.3. The highest BCUT2D eigenvalue weighted by Crippen LogP contribution is 2.32. The van der Waals surface area contributed by atoms with Gasteiger partial charge in [0, 0.05) is 17.7 Å². The van der Waals surface area contributed by atoms with Crippen LogP contribution in [0.25, 0.3) is 0 Å². The molecular formula is C14H18N4OS. The first-order valence-corrected chi connectivity index (χ1v) is 7.94. The molecule has 0 aliphatic heterocycles. The maximum atomic E-state index is 5.64. The lowest BCUT2D eigenvalue weighted by molar-refractivity contribution is 0.411. The van der Waals surface area contributed by atoms with Crippen LogP contribution in [0.4, 0.5) is 0 Å². The van der Waals surface area contributed by atoms with Gasteiger partial charge in [0.2, 0.25) is 5.89 Å². The molecule has 0 aromatic carbocycles. The number of nitrogens with zero attached hydrogens (tertiary/aromatic N) is 4. The second-order valence-electron chi connectivity index (χ2n) is 5.02. The smallest absolute Gasteiger partial charge is 0.282 e. The van der Waals surface area contributed by atoms with E-state index in [9.17, 15) is 0 Å². The van der Waals surface area contributed by atoms with Crippen LogP contribution in [0.15, 0.2) is 14.7 Å². The van der Waals surface area contributed by atoms with Crippen molar-refractivity contribution in [2.24, 2.45) is 0 Å². The minimum absolute atomic E-state index is 0.583. The van der Waals surface area contributed by atoms with Crippen molar-refractivity contribution in [1.82, 2.24) is 20.2 Å². The molecule has 1 aliphatic carbocycles. The molecular weight excluding hydrogens is 272 g/mol. The van der Waals surface area contributed by atoms with Crippen molar-refractivity contribution in [3.05, 3.63) is 23.0 Å². The molecule has 0 fully saturated rings. The summed E-state index contributed by atoms with van der Waals surface area (Å²) in [6, 6.07) is 0. The number of aryl methyl sites for hydroxylation is 3. The maximum absolute atomic E-state index is 5.64. The molecule has 0 N–H and O–H groups in total. The number of rotatable bonds is 4. The Labute approximate surface area is 122 Å². The molecule has 0 unspecified atom stereocenters. The van der Waals surface area contributed by atoms with Crippen LogP contribution in [0.1, 0.15) is 49.2 Å². The summed E-state index contributed by atoms with van der Waals surface area (Å²) in [5.41, 5.74) is 2.46. The average Bonchev–Trinajstić information content (AvgIpc) is 2.86. The number of hydrogen-bond acceptors (Lipinski definition) is 6. The molecule has 20 heavy (non-hydrogen) atoms. The summed E-state index contributed by atoms with van der Waals surface area (Å²) in [7, 11) is 0. The Morgan fingerprint density at radius 2 is 2.00 bits per heavy atom. The lowest BCUT2D eigenvalue weighted by atomic mass is 9.97. The summed E-state index contributed by atoms with van der Waals surface area (Å²) in [6.07, 6.45) is 6.36. The van der Waals surface area contributed by atoms with Crippen LogP contribution in [0.3, 0.4) is 0 Å². The van der Waals surface area contributed by atoms with Gasteiger partial charge in [0.1, 0.15) is 10.9 Å². The lowest BCUT2D eigenvalue weighted by Crippen LogP contribution is -2.10. The summed E-state index contributed by atoms with van der Waals surface area (Å²) >= 11 is 1.47. The monoisotopic (exact) mass is 290 g/mol. The molecule has 0 spiro atoms. The third-order valence-electron chi connectivity index (χ3n) is 3.35. The topological polar surface area (TPSA) is 64.7 Å². The third kappa shape index (κ3) is 2.85. The van der Waals surface area contributed by atoms with E-state index >= 15 is 0 Å². The molecule has 2 heterocycles. The van der Waals surface area contributed by atoms with Gasteiger partial charge in [-0.1, -0.05) is 6.92 Å². The maximum Gasteiger partial charge on any atom is 0.282 e. The van der Waals surface area contributed by atoms with Crippen LogP contribution in [-0.2, 0) is 19.3 Å². The Bertz CT molecular complexity index is 611. The van der Waals surface area contributed by atoms with Crippen LogP contribution >= 0.6 is 11.8 Å². The van der Waals surface area contributed by atoms with Gasteiger partial charge in [0.15, 0.2) is 0 Å². The SMILES string of the molecule is CCCc1nnc(Sc2nc(C)nc3c2CCCC3)o1. The van der Waals surface area contributed by atoms with Gasteiger partial charge in [0.05, 0.1) is 0 Å². The van der Waals surface area contributed by atoms with E-state index in [0.29, 0.717) is 11.1 Å². The predicted molar refractivity (Wildman–Crippen MR) is 75.8 cm³/mol. The van der Waals surface area contributed by atoms with Crippen molar-refractivity contribution in [3.8, 4) is 0 Å². The summed E-state index contributed by atoms with van der Waals surface area (Å²) in [4.78, 5) is 9.12. The van der Waals surface area contributed by atoms with Gasteiger partial charge in [-0.2, -0.15) is 0 Å². The van der Waals surface area contributed by atoms with Crippen LogP contribution in [0.2, 0.25) is 0 Å². The molecule has 106 valence electrons. The Hall–Kier alpha value is -1.43. The van der Waals surface area contributed by atoms with E-state index < -0.39 is 0 Å². The summed E-state index contributed by atoms with van der Waals surface area (Å²) < 4.78 is 5.64. The molecule has 0 amide bonds. The first-order valence-electron chi connectivity index (χ1n) is 7.13. The van der Waals surface area contributed by atoms with E-state index in [-0.39, 0.29) is 0 Å². The van der Waals surface area contributed by atoms with Crippen molar-refractivity contribution in [3.63, 3.8) is 0 Å². The van der Waals surface area contributed by atoms with E-state index in [1.165, 1.54) is 35.9 Å². The van der Waals surface area contributed by atoms with Crippen molar-refractivity contribution in [1.29, 1.82) is 0 Å². The molecule has 5 nitrogen and oxygen atoms in total. The number of aromatic nitrogens is 4. The van der Waals surface area contributed by atoms with Crippen LogP contribution in [-0.4, -0.2) is 20.2 Å². The predicted octanol–water partition coefficient (Wildman–Crippen LogP) is 3.15. The lowest BCUT2D eigenvalue weighted by Gasteiger charge is -2.17. The van der Waals surface area contributed by atoms with E-state index in [4.69, 9.17) is 4.42 Å². The highest BCUT2D eigenvalue weighted by Gasteiger charge is 2.19. The fourth-order valence-electron chi connectivity index (χ4n) is 2.44. The fraction of sp³-hybridized carbons (Fsp3) is 0.571. The molecule has 2 aromatic heterocycles. The van der Waals surface area contributed by atoms with Gasteiger partial charge >= 0.3 is 0 Å². The van der Waals surface area contributed by atoms with E-state index in [0.717, 1.165) is 36.5 Å². The Kier molecular flexibility index (Phi) is 4.00. The summed E-state index contributed by atoms with van der Waals surface area (Å²) in [5.74, 6) is 1.52. The minimum Gasteiger partial charge on any atom is -0.416 e. The quantitative estimate of drug-likeness (QED) is 0.806. The molecule has 3 rings (SSSR count). The van der Waals surface area contributed by atoms with Gasteiger partial charge in [0.25, 0.3) is 5.22 Å². The number of fused-ring (bicyclic) bond motifs is 1. The molecule has 0 radical (unpaired) electrons. The molecule has 0 atom stereocenters. The average molecular weight is 290 g/mol. The molecule has 2 aromatic rings. The number of hydrogen-bond donors (Lipinski definition) is 0. The van der Waals surface area contributed by atoms with Gasteiger partial charge in [-0.3, -0.25) is 0 Å². The summed E-state index contributed by atoms with van der Waals surface area (Å²) in [6.45, 7) is 4.04. The molecule has 1 aliphatic rings. The first-order chi connectivity index (χ1) is 9.76. The van der Waals surface area contributed by atoms with Crippen molar-refractivity contribution < 1.29 is 4.42 Å².